The van der Waals surface area contributed by atoms with Gasteiger partial charge in [0.25, 0.3) is 0 Å². The molecular weight excluding hydrogens is 312 g/mol. The van der Waals surface area contributed by atoms with E-state index in [0.717, 1.165) is 5.92 Å². The van der Waals surface area contributed by atoms with Crippen LogP contribution in [0.15, 0.2) is 12.2 Å². The quantitative estimate of drug-likeness (QED) is 0.140. The summed E-state index contributed by atoms with van der Waals surface area (Å²) in [6.45, 7) is 7.02. The molecule has 0 spiro atoms. The monoisotopic (exact) mass is 364 g/mol. The zero-order valence-electron chi connectivity index (χ0n) is 18.9. The zero-order chi connectivity index (χ0) is 19.1. The summed E-state index contributed by atoms with van der Waals surface area (Å²) in [5, 5.41) is 0. The topological polar surface area (TPSA) is 0 Å². The smallest absolute Gasteiger partial charge is 0.0351 e. The van der Waals surface area contributed by atoms with Crippen LogP contribution in [0, 0.1) is 5.92 Å². The third kappa shape index (κ3) is 21.8. The maximum absolute atomic E-state index is 2.47. The van der Waals surface area contributed by atoms with Crippen LogP contribution in [0.1, 0.15) is 149 Å². The van der Waals surface area contributed by atoms with Gasteiger partial charge in [0.05, 0.1) is 0 Å². The van der Waals surface area contributed by atoms with Gasteiger partial charge in [-0.15, -0.1) is 0 Å². The summed E-state index contributed by atoms with van der Waals surface area (Å²) in [4.78, 5) is 0. The maximum atomic E-state index is 2.47. The molecule has 0 saturated carbocycles. The van der Waals surface area contributed by atoms with Crippen LogP contribution in [0.2, 0.25) is 0 Å². The molecule has 0 aromatic carbocycles. The fourth-order valence-corrected chi connectivity index (χ4v) is 3.81. The summed E-state index contributed by atoms with van der Waals surface area (Å²) in [5.74, 6) is 0.953. The Morgan fingerprint density at radius 3 is 1.38 bits per heavy atom. The second kappa shape index (κ2) is 22.8. The lowest BCUT2D eigenvalue weighted by Crippen LogP contribution is -1.95. The number of unbranched alkanes of at least 4 members (excludes halogenated alkanes) is 15. The van der Waals surface area contributed by atoms with Crippen LogP contribution in [0.25, 0.3) is 0 Å². The Labute approximate surface area is 167 Å². The minimum atomic E-state index is 0.953. The van der Waals surface area contributed by atoms with E-state index in [4.69, 9.17) is 0 Å². The van der Waals surface area contributed by atoms with E-state index in [0.29, 0.717) is 0 Å². The molecule has 0 aliphatic heterocycles. The van der Waals surface area contributed by atoms with E-state index in [1.807, 2.05) is 0 Å². The molecule has 1 unspecified atom stereocenters. The Hall–Kier alpha value is -0.260. The first kappa shape index (κ1) is 25.7. The highest BCUT2D eigenvalue weighted by Gasteiger charge is 2.02. The van der Waals surface area contributed by atoms with Crippen molar-refractivity contribution in [3.63, 3.8) is 0 Å². The first-order valence-electron chi connectivity index (χ1n) is 12.5. The highest BCUT2D eigenvalue weighted by Crippen LogP contribution is 2.18. The maximum Gasteiger partial charge on any atom is -0.0351 e. The molecule has 0 radical (unpaired) electrons. The summed E-state index contributed by atoms with van der Waals surface area (Å²) in [6.07, 6.45) is 33.4. The van der Waals surface area contributed by atoms with Gasteiger partial charge in [0.15, 0.2) is 0 Å². The largest absolute Gasteiger partial charge is 0.0885 e. The molecule has 26 heavy (non-hydrogen) atoms. The van der Waals surface area contributed by atoms with Gasteiger partial charge < -0.3 is 0 Å². The van der Waals surface area contributed by atoms with Gasteiger partial charge in [0.1, 0.15) is 0 Å². The number of hydrogen-bond donors (Lipinski definition) is 0. The van der Waals surface area contributed by atoms with Gasteiger partial charge in [-0.05, 0) is 25.2 Å². The van der Waals surface area contributed by atoms with Crippen molar-refractivity contribution in [1.29, 1.82) is 0 Å². The third-order valence-corrected chi connectivity index (χ3v) is 5.74. The Morgan fingerprint density at radius 2 is 0.885 bits per heavy atom. The van der Waals surface area contributed by atoms with Crippen molar-refractivity contribution < 1.29 is 0 Å². The molecule has 0 rings (SSSR count). The molecule has 0 N–H and O–H groups in total. The predicted octanol–water partition coefficient (Wildman–Crippen LogP) is 10.0. The second-order valence-electron chi connectivity index (χ2n) is 8.68. The lowest BCUT2D eigenvalue weighted by atomic mass is 9.96. The average molecular weight is 365 g/mol. The molecule has 0 fully saturated rings. The van der Waals surface area contributed by atoms with Crippen LogP contribution < -0.4 is 0 Å². The SMILES string of the molecule is CCCC=CCCCCCC(C)CCCCCCCCCCCCCC. The molecule has 0 heteroatoms. The molecule has 1 atom stereocenters. The fourth-order valence-electron chi connectivity index (χ4n) is 3.81. The van der Waals surface area contributed by atoms with Crippen molar-refractivity contribution in [3.05, 3.63) is 12.2 Å². The van der Waals surface area contributed by atoms with Crippen LogP contribution in [0.4, 0.5) is 0 Å². The third-order valence-electron chi connectivity index (χ3n) is 5.74. The molecule has 0 heterocycles. The Kier molecular flexibility index (Phi) is 22.6. The van der Waals surface area contributed by atoms with Crippen molar-refractivity contribution in [1.82, 2.24) is 0 Å². The lowest BCUT2D eigenvalue weighted by molar-refractivity contribution is 0.434. The summed E-state index contributed by atoms with van der Waals surface area (Å²) in [6, 6.07) is 0. The lowest BCUT2D eigenvalue weighted by Gasteiger charge is -2.10. The van der Waals surface area contributed by atoms with Crippen molar-refractivity contribution in [2.24, 2.45) is 5.92 Å². The van der Waals surface area contributed by atoms with Crippen molar-refractivity contribution in [2.45, 2.75) is 149 Å². The van der Waals surface area contributed by atoms with Crippen molar-refractivity contribution in [3.8, 4) is 0 Å². The number of rotatable bonds is 21. The highest BCUT2D eigenvalue weighted by atomic mass is 14.1. The summed E-state index contributed by atoms with van der Waals surface area (Å²) in [5.41, 5.74) is 0. The molecule has 0 saturated heterocycles. The minimum absolute atomic E-state index is 0.953. The predicted molar refractivity (Wildman–Crippen MR) is 122 cm³/mol. The van der Waals surface area contributed by atoms with Gasteiger partial charge >= 0.3 is 0 Å². The van der Waals surface area contributed by atoms with E-state index >= 15 is 0 Å². The Morgan fingerprint density at radius 1 is 0.462 bits per heavy atom. The van der Waals surface area contributed by atoms with E-state index in [-0.39, 0.29) is 0 Å². The molecule has 0 amide bonds. The number of hydrogen-bond acceptors (Lipinski definition) is 0. The van der Waals surface area contributed by atoms with Gasteiger partial charge in [0.2, 0.25) is 0 Å². The Balaban J connectivity index is 3.16. The van der Waals surface area contributed by atoms with E-state index in [2.05, 4.69) is 32.9 Å². The molecule has 0 bridgehead atoms. The van der Waals surface area contributed by atoms with Crippen LogP contribution >= 0.6 is 0 Å². The average Bonchev–Trinajstić information content (AvgIpc) is 2.65. The van der Waals surface area contributed by atoms with Crippen LogP contribution in [0.3, 0.4) is 0 Å². The van der Waals surface area contributed by atoms with Crippen LogP contribution in [-0.4, -0.2) is 0 Å². The van der Waals surface area contributed by atoms with Crippen LogP contribution in [-0.2, 0) is 0 Å². The normalized spacial score (nSPS) is 12.9. The van der Waals surface area contributed by atoms with E-state index in [1.54, 1.807) is 0 Å². The summed E-state index contributed by atoms with van der Waals surface area (Å²) < 4.78 is 0. The van der Waals surface area contributed by atoms with Gasteiger partial charge in [-0.25, -0.2) is 0 Å². The molecular formula is C26H52. The van der Waals surface area contributed by atoms with E-state index in [1.165, 1.54) is 128 Å². The molecule has 0 aliphatic carbocycles. The fraction of sp³-hybridized carbons (Fsp3) is 0.923. The first-order valence-corrected chi connectivity index (χ1v) is 12.5. The molecule has 0 nitrogen and oxygen atoms in total. The first-order chi connectivity index (χ1) is 12.8. The zero-order valence-corrected chi connectivity index (χ0v) is 18.9. The highest BCUT2D eigenvalue weighted by molar-refractivity contribution is 4.80. The second-order valence-corrected chi connectivity index (χ2v) is 8.68. The van der Waals surface area contributed by atoms with Crippen molar-refractivity contribution in [2.75, 3.05) is 0 Å². The van der Waals surface area contributed by atoms with Crippen molar-refractivity contribution >= 4 is 0 Å². The van der Waals surface area contributed by atoms with Gasteiger partial charge in [0, 0.05) is 0 Å². The van der Waals surface area contributed by atoms with Crippen LogP contribution in [0.5, 0.6) is 0 Å². The molecule has 0 aromatic heterocycles. The van der Waals surface area contributed by atoms with Gasteiger partial charge in [-0.2, -0.15) is 0 Å². The number of allylic oxidation sites excluding steroid dienone is 2. The van der Waals surface area contributed by atoms with Gasteiger partial charge in [-0.1, -0.05) is 142 Å². The summed E-state index contributed by atoms with van der Waals surface area (Å²) in [7, 11) is 0. The minimum Gasteiger partial charge on any atom is -0.0885 e. The summed E-state index contributed by atoms with van der Waals surface area (Å²) >= 11 is 0. The molecule has 0 aromatic rings. The van der Waals surface area contributed by atoms with E-state index < -0.39 is 0 Å². The van der Waals surface area contributed by atoms with Gasteiger partial charge in [-0.3, -0.25) is 0 Å². The molecule has 156 valence electrons. The molecule has 0 aliphatic rings. The Bertz CT molecular complexity index is 265. The standard InChI is InChI=1S/C26H52/c1-4-6-8-10-12-14-15-16-17-19-21-23-25-26(3)24-22-20-18-13-11-9-7-5-2/h9,11,26H,4-8,10,12-25H2,1-3H3. The van der Waals surface area contributed by atoms with E-state index in [9.17, 15) is 0 Å².